The van der Waals surface area contributed by atoms with Crippen LogP contribution in [0.25, 0.3) is 5.57 Å². The second-order valence-corrected chi connectivity index (χ2v) is 6.90. The molecule has 0 fully saturated rings. The molecular weight excluding hydrogens is 393 g/mol. The number of aromatic nitrogens is 3. The van der Waals surface area contributed by atoms with Crippen LogP contribution in [-0.4, -0.2) is 39.1 Å². The van der Waals surface area contributed by atoms with Crippen molar-refractivity contribution in [3.8, 4) is 0 Å². The summed E-state index contributed by atoms with van der Waals surface area (Å²) in [4.78, 5) is 13.8. The lowest BCUT2D eigenvalue weighted by atomic mass is 10.0. The molecule has 0 amide bonds. The predicted octanol–water partition coefficient (Wildman–Crippen LogP) is 4.54. The van der Waals surface area contributed by atoms with Crippen LogP contribution in [0.2, 0.25) is 0 Å². The van der Waals surface area contributed by atoms with Gasteiger partial charge in [0.1, 0.15) is 29.3 Å². The molecule has 0 radical (unpaired) electrons. The van der Waals surface area contributed by atoms with Crippen molar-refractivity contribution in [2.75, 3.05) is 12.4 Å². The van der Waals surface area contributed by atoms with Crippen LogP contribution in [-0.2, 0) is 0 Å². The standard InChI is InChI=1S/C21H23F3N6/c1-5-17(21(22,23)24)30(4)20-12-16(10-13(2)27-20)15-6-8-26-19(11-15)29-18-7-9-25-14(3)28-18/h6-12,17,27H,2,5H2,1,3-4H3,(H,25,26,28,29). The van der Waals surface area contributed by atoms with E-state index in [0.717, 1.165) is 11.1 Å². The summed E-state index contributed by atoms with van der Waals surface area (Å²) in [5.41, 5.74) is 2.01. The van der Waals surface area contributed by atoms with E-state index in [9.17, 15) is 13.2 Å². The lowest BCUT2D eigenvalue weighted by molar-refractivity contribution is -0.176. The van der Waals surface area contributed by atoms with Crippen LogP contribution in [0.15, 0.2) is 60.8 Å². The Hall–Kier alpha value is -3.36. The van der Waals surface area contributed by atoms with Crippen molar-refractivity contribution in [1.29, 1.82) is 0 Å². The minimum Gasteiger partial charge on any atom is -0.349 e. The number of pyridine rings is 1. The van der Waals surface area contributed by atoms with Gasteiger partial charge in [-0.1, -0.05) is 13.5 Å². The smallest absolute Gasteiger partial charge is 0.349 e. The molecule has 1 atom stereocenters. The SMILES string of the molecule is C=C1C=C(c2ccnc(Nc3ccnc(C)n3)c2)C=C(N(C)C(CC)C(F)(F)F)N1. The minimum absolute atomic E-state index is 0.0633. The molecule has 0 saturated carbocycles. The van der Waals surface area contributed by atoms with Crippen molar-refractivity contribution in [3.05, 3.63) is 72.2 Å². The number of aryl methyl sites for hydroxylation is 1. The summed E-state index contributed by atoms with van der Waals surface area (Å²) in [6, 6.07) is 3.72. The van der Waals surface area contributed by atoms with E-state index in [0.29, 0.717) is 29.0 Å². The summed E-state index contributed by atoms with van der Waals surface area (Å²) in [7, 11) is 1.42. The number of hydrogen-bond acceptors (Lipinski definition) is 6. The van der Waals surface area contributed by atoms with Gasteiger partial charge in [0.05, 0.1) is 0 Å². The van der Waals surface area contributed by atoms with E-state index < -0.39 is 12.2 Å². The van der Waals surface area contributed by atoms with Crippen molar-refractivity contribution in [2.45, 2.75) is 32.5 Å². The normalized spacial score (nSPS) is 15.1. The zero-order chi connectivity index (χ0) is 21.9. The first kappa shape index (κ1) is 21.4. The number of dihydropyridines is 1. The van der Waals surface area contributed by atoms with Gasteiger partial charge in [-0.2, -0.15) is 13.2 Å². The van der Waals surface area contributed by atoms with Crippen molar-refractivity contribution in [3.63, 3.8) is 0 Å². The van der Waals surface area contributed by atoms with Crippen LogP contribution in [0.5, 0.6) is 0 Å². The Labute approximate surface area is 173 Å². The zero-order valence-electron chi connectivity index (χ0n) is 17.0. The van der Waals surface area contributed by atoms with Crippen LogP contribution in [0, 0.1) is 6.92 Å². The van der Waals surface area contributed by atoms with Crippen molar-refractivity contribution in [2.24, 2.45) is 0 Å². The van der Waals surface area contributed by atoms with Gasteiger partial charge in [-0.15, -0.1) is 0 Å². The molecule has 158 valence electrons. The fraction of sp³-hybridized carbons (Fsp3) is 0.286. The third-order valence-electron chi connectivity index (χ3n) is 4.65. The number of nitrogens with zero attached hydrogens (tertiary/aromatic N) is 4. The summed E-state index contributed by atoms with van der Waals surface area (Å²) in [5, 5.41) is 6.04. The quantitative estimate of drug-likeness (QED) is 0.721. The topological polar surface area (TPSA) is 66.0 Å². The molecule has 1 aliphatic rings. The molecule has 30 heavy (non-hydrogen) atoms. The highest BCUT2D eigenvalue weighted by Gasteiger charge is 2.42. The van der Waals surface area contributed by atoms with Crippen molar-refractivity contribution < 1.29 is 13.2 Å². The largest absolute Gasteiger partial charge is 0.408 e. The van der Waals surface area contributed by atoms with Gasteiger partial charge in [0.25, 0.3) is 0 Å². The van der Waals surface area contributed by atoms with Crippen LogP contribution in [0.1, 0.15) is 24.7 Å². The molecule has 2 aromatic rings. The highest BCUT2D eigenvalue weighted by molar-refractivity contribution is 5.79. The van der Waals surface area contributed by atoms with E-state index in [4.69, 9.17) is 0 Å². The highest BCUT2D eigenvalue weighted by atomic mass is 19.4. The first-order chi connectivity index (χ1) is 14.2. The molecule has 3 heterocycles. The van der Waals surface area contributed by atoms with E-state index in [1.165, 1.54) is 18.9 Å². The summed E-state index contributed by atoms with van der Waals surface area (Å²) in [6.07, 6.45) is 2.32. The Morgan fingerprint density at radius 3 is 2.57 bits per heavy atom. The Morgan fingerprint density at radius 1 is 1.17 bits per heavy atom. The van der Waals surface area contributed by atoms with E-state index in [1.54, 1.807) is 49.7 Å². The molecular formula is C21H23F3N6. The van der Waals surface area contributed by atoms with Crippen molar-refractivity contribution >= 4 is 17.2 Å². The van der Waals surface area contributed by atoms with Crippen LogP contribution >= 0.6 is 0 Å². The second kappa shape index (κ2) is 8.56. The van der Waals surface area contributed by atoms with Gasteiger partial charge in [0, 0.05) is 25.1 Å². The first-order valence-corrected chi connectivity index (χ1v) is 9.39. The molecule has 1 unspecified atom stereocenters. The Balaban J connectivity index is 1.88. The third kappa shape index (κ3) is 4.97. The molecule has 1 aliphatic heterocycles. The summed E-state index contributed by atoms with van der Waals surface area (Å²) < 4.78 is 40.1. The van der Waals surface area contributed by atoms with Gasteiger partial charge in [-0.25, -0.2) is 15.0 Å². The number of hydrogen-bond donors (Lipinski definition) is 2. The monoisotopic (exact) mass is 416 g/mol. The number of nitrogens with one attached hydrogen (secondary N) is 2. The molecule has 6 nitrogen and oxygen atoms in total. The summed E-state index contributed by atoms with van der Waals surface area (Å²) in [5.74, 6) is 2.11. The molecule has 0 bridgehead atoms. The van der Waals surface area contributed by atoms with Crippen LogP contribution in [0.3, 0.4) is 0 Å². The van der Waals surface area contributed by atoms with Gasteiger partial charge in [0.2, 0.25) is 0 Å². The van der Waals surface area contributed by atoms with Gasteiger partial charge in [-0.3, -0.25) is 0 Å². The van der Waals surface area contributed by atoms with Gasteiger partial charge in [-0.05, 0) is 54.8 Å². The molecule has 9 heteroatoms. The van der Waals surface area contributed by atoms with Gasteiger partial charge in [0.15, 0.2) is 0 Å². The maximum absolute atomic E-state index is 13.4. The fourth-order valence-electron chi connectivity index (χ4n) is 3.20. The number of rotatable bonds is 6. The number of anilines is 2. The van der Waals surface area contributed by atoms with E-state index in [2.05, 4.69) is 32.2 Å². The summed E-state index contributed by atoms with van der Waals surface area (Å²) >= 11 is 0. The maximum atomic E-state index is 13.4. The molecule has 2 aromatic heterocycles. The maximum Gasteiger partial charge on any atom is 0.408 e. The molecule has 0 aliphatic carbocycles. The molecule has 0 spiro atoms. The average molecular weight is 416 g/mol. The van der Waals surface area contributed by atoms with E-state index in [1.807, 2.05) is 0 Å². The minimum atomic E-state index is -4.34. The first-order valence-electron chi connectivity index (χ1n) is 9.39. The molecule has 2 N–H and O–H groups in total. The predicted molar refractivity (Wildman–Crippen MR) is 111 cm³/mol. The second-order valence-electron chi connectivity index (χ2n) is 6.90. The van der Waals surface area contributed by atoms with Gasteiger partial charge >= 0.3 is 6.18 Å². The van der Waals surface area contributed by atoms with Gasteiger partial charge < -0.3 is 15.5 Å². The third-order valence-corrected chi connectivity index (χ3v) is 4.65. The average Bonchev–Trinajstić information content (AvgIpc) is 2.67. The van der Waals surface area contributed by atoms with E-state index in [-0.39, 0.29) is 6.42 Å². The Kier molecular flexibility index (Phi) is 6.09. The lowest BCUT2D eigenvalue weighted by Gasteiger charge is -2.34. The molecule has 0 saturated heterocycles. The number of allylic oxidation sites excluding steroid dienone is 3. The van der Waals surface area contributed by atoms with Crippen LogP contribution < -0.4 is 10.6 Å². The highest BCUT2D eigenvalue weighted by Crippen LogP contribution is 2.31. The number of alkyl halides is 3. The molecule has 3 rings (SSSR count). The Morgan fingerprint density at radius 2 is 1.90 bits per heavy atom. The number of halogens is 3. The van der Waals surface area contributed by atoms with E-state index >= 15 is 0 Å². The fourth-order valence-corrected chi connectivity index (χ4v) is 3.20. The lowest BCUT2D eigenvalue weighted by Crippen LogP contribution is -2.45. The molecule has 0 aromatic carbocycles. The zero-order valence-corrected chi connectivity index (χ0v) is 17.0. The summed E-state index contributed by atoms with van der Waals surface area (Å²) in [6.45, 7) is 7.18. The Bertz CT molecular complexity index is 996. The van der Waals surface area contributed by atoms with Crippen molar-refractivity contribution in [1.82, 2.24) is 25.2 Å². The van der Waals surface area contributed by atoms with Crippen LogP contribution in [0.4, 0.5) is 24.8 Å².